The Morgan fingerprint density at radius 2 is 1.80 bits per heavy atom. The lowest BCUT2D eigenvalue weighted by atomic mass is 10.0. The van der Waals surface area contributed by atoms with Gasteiger partial charge in [-0.05, 0) is 36.5 Å². The Bertz CT molecular complexity index is 314. The first-order valence-corrected chi connectivity index (χ1v) is 6.06. The van der Waals surface area contributed by atoms with E-state index in [1.807, 2.05) is 12.1 Å². The summed E-state index contributed by atoms with van der Waals surface area (Å²) in [6.45, 7) is 4.40. The number of hydrogen-bond donors (Lipinski definition) is 1. The summed E-state index contributed by atoms with van der Waals surface area (Å²) in [5.41, 5.74) is 1.37. The van der Waals surface area contributed by atoms with E-state index in [1.165, 1.54) is 18.4 Å². The maximum absolute atomic E-state index is 5.90. The summed E-state index contributed by atoms with van der Waals surface area (Å²) in [5, 5.41) is 4.45. The summed E-state index contributed by atoms with van der Waals surface area (Å²) in [6, 6.07) is 9.29. The summed E-state index contributed by atoms with van der Waals surface area (Å²) < 4.78 is 0. The second-order valence-electron chi connectivity index (χ2n) is 4.69. The summed E-state index contributed by atoms with van der Waals surface area (Å²) in [6.07, 6.45) is 2.71. The minimum absolute atomic E-state index is 0.516. The molecule has 1 N–H and O–H groups in total. The number of halogens is 1. The van der Waals surface area contributed by atoms with E-state index in [0.29, 0.717) is 12.1 Å². The highest BCUT2D eigenvalue weighted by Gasteiger charge is 2.32. The smallest absolute Gasteiger partial charge is 0.0406 e. The van der Waals surface area contributed by atoms with Crippen LogP contribution in [0.25, 0.3) is 0 Å². The van der Waals surface area contributed by atoms with Crippen LogP contribution < -0.4 is 5.32 Å². The lowest BCUT2D eigenvalue weighted by molar-refractivity contribution is 0.436. The first-order chi connectivity index (χ1) is 7.16. The number of rotatable bonds is 4. The first-order valence-electron chi connectivity index (χ1n) is 5.68. The molecule has 2 rings (SSSR count). The quantitative estimate of drug-likeness (QED) is 0.819. The van der Waals surface area contributed by atoms with E-state index >= 15 is 0 Å². The first kappa shape index (κ1) is 11.0. The van der Waals surface area contributed by atoms with Crippen LogP contribution >= 0.6 is 11.6 Å². The third-order valence-corrected chi connectivity index (χ3v) is 3.09. The van der Waals surface area contributed by atoms with Gasteiger partial charge in [-0.2, -0.15) is 0 Å². The minimum Gasteiger partial charge on any atom is -0.307 e. The van der Waals surface area contributed by atoms with Gasteiger partial charge in [0.25, 0.3) is 0 Å². The van der Waals surface area contributed by atoms with Crippen molar-refractivity contribution in [3.8, 4) is 0 Å². The standard InChI is InChI=1S/C13H18ClN/c1-9(2)15-13(10-3-4-10)11-5-7-12(14)8-6-11/h5-10,13,15H,3-4H2,1-2H3/t13-/m0/s1. The molecular weight excluding hydrogens is 206 g/mol. The highest BCUT2D eigenvalue weighted by molar-refractivity contribution is 6.30. The predicted molar refractivity (Wildman–Crippen MR) is 65.2 cm³/mol. The van der Waals surface area contributed by atoms with Crippen LogP contribution in [0.2, 0.25) is 5.02 Å². The monoisotopic (exact) mass is 223 g/mol. The molecule has 2 heteroatoms. The van der Waals surface area contributed by atoms with Crippen LogP contribution in [-0.4, -0.2) is 6.04 Å². The van der Waals surface area contributed by atoms with Crippen molar-refractivity contribution < 1.29 is 0 Å². The average molecular weight is 224 g/mol. The summed E-state index contributed by atoms with van der Waals surface area (Å²) >= 11 is 5.90. The van der Waals surface area contributed by atoms with E-state index in [2.05, 4.69) is 31.3 Å². The SMILES string of the molecule is CC(C)N[C@H](c1ccc(Cl)cc1)C1CC1. The van der Waals surface area contributed by atoms with Gasteiger partial charge in [-0.15, -0.1) is 0 Å². The van der Waals surface area contributed by atoms with Crippen molar-refractivity contribution in [2.75, 3.05) is 0 Å². The zero-order valence-corrected chi connectivity index (χ0v) is 10.1. The van der Waals surface area contributed by atoms with Crippen LogP contribution in [0, 0.1) is 5.92 Å². The van der Waals surface area contributed by atoms with Gasteiger partial charge in [0, 0.05) is 17.1 Å². The molecule has 1 saturated carbocycles. The molecule has 1 aliphatic carbocycles. The number of hydrogen-bond acceptors (Lipinski definition) is 1. The molecule has 0 heterocycles. The third kappa shape index (κ3) is 2.96. The Labute approximate surface area is 96.8 Å². The molecule has 1 aliphatic rings. The van der Waals surface area contributed by atoms with Gasteiger partial charge < -0.3 is 5.32 Å². The normalized spacial score (nSPS) is 18.1. The molecule has 1 atom stereocenters. The Balaban J connectivity index is 2.13. The minimum atomic E-state index is 0.516. The fourth-order valence-corrected chi connectivity index (χ4v) is 2.09. The number of nitrogens with one attached hydrogen (secondary N) is 1. The molecule has 0 unspecified atom stereocenters. The molecule has 0 spiro atoms. The van der Waals surface area contributed by atoms with E-state index in [9.17, 15) is 0 Å². The Morgan fingerprint density at radius 1 is 1.20 bits per heavy atom. The van der Waals surface area contributed by atoms with Crippen LogP contribution in [0.5, 0.6) is 0 Å². The molecule has 82 valence electrons. The van der Waals surface area contributed by atoms with E-state index in [0.717, 1.165) is 10.9 Å². The van der Waals surface area contributed by atoms with Crippen molar-refractivity contribution in [3.05, 3.63) is 34.9 Å². The maximum Gasteiger partial charge on any atom is 0.0406 e. The Kier molecular flexibility index (Phi) is 3.32. The summed E-state index contributed by atoms with van der Waals surface area (Å²) in [7, 11) is 0. The van der Waals surface area contributed by atoms with Crippen LogP contribution in [0.15, 0.2) is 24.3 Å². The summed E-state index contributed by atoms with van der Waals surface area (Å²) in [4.78, 5) is 0. The zero-order valence-electron chi connectivity index (χ0n) is 9.33. The van der Waals surface area contributed by atoms with Gasteiger partial charge in [0.05, 0.1) is 0 Å². The van der Waals surface area contributed by atoms with Crippen LogP contribution in [0.1, 0.15) is 38.3 Å². The van der Waals surface area contributed by atoms with Crippen molar-refractivity contribution >= 4 is 11.6 Å². The zero-order chi connectivity index (χ0) is 10.8. The van der Waals surface area contributed by atoms with Crippen molar-refractivity contribution in [1.82, 2.24) is 5.32 Å². The average Bonchev–Trinajstić information content (AvgIpc) is 2.99. The molecule has 0 saturated heterocycles. The van der Waals surface area contributed by atoms with E-state index in [-0.39, 0.29) is 0 Å². The molecule has 0 bridgehead atoms. The molecule has 0 radical (unpaired) electrons. The molecule has 0 amide bonds. The molecule has 1 fully saturated rings. The fraction of sp³-hybridized carbons (Fsp3) is 0.538. The van der Waals surface area contributed by atoms with E-state index in [4.69, 9.17) is 11.6 Å². The van der Waals surface area contributed by atoms with Crippen LogP contribution in [0.4, 0.5) is 0 Å². The van der Waals surface area contributed by atoms with Crippen molar-refractivity contribution in [1.29, 1.82) is 0 Å². The predicted octanol–water partition coefficient (Wildman–Crippen LogP) is 3.79. The Morgan fingerprint density at radius 3 is 2.27 bits per heavy atom. The highest BCUT2D eigenvalue weighted by Crippen LogP contribution is 2.41. The molecular formula is C13H18ClN. The van der Waals surface area contributed by atoms with Gasteiger partial charge in [-0.3, -0.25) is 0 Å². The second-order valence-corrected chi connectivity index (χ2v) is 5.12. The molecule has 15 heavy (non-hydrogen) atoms. The molecule has 1 aromatic carbocycles. The largest absolute Gasteiger partial charge is 0.307 e. The van der Waals surface area contributed by atoms with Crippen molar-refractivity contribution in [2.45, 2.75) is 38.8 Å². The van der Waals surface area contributed by atoms with Gasteiger partial charge in [-0.1, -0.05) is 37.6 Å². The topological polar surface area (TPSA) is 12.0 Å². The number of benzene rings is 1. The van der Waals surface area contributed by atoms with Gasteiger partial charge in [-0.25, -0.2) is 0 Å². The van der Waals surface area contributed by atoms with Crippen LogP contribution in [0.3, 0.4) is 0 Å². The van der Waals surface area contributed by atoms with Gasteiger partial charge in [0.1, 0.15) is 0 Å². The molecule has 0 aliphatic heterocycles. The lowest BCUT2D eigenvalue weighted by Crippen LogP contribution is -2.29. The van der Waals surface area contributed by atoms with E-state index in [1.54, 1.807) is 0 Å². The maximum atomic E-state index is 5.90. The summed E-state index contributed by atoms with van der Waals surface area (Å²) in [5.74, 6) is 0.827. The highest BCUT2D eigenvalue weighted by atomic mass is 35.5. The molecule has 0 aromatic heterocycles. The van der Waals surface area contributed by atoms with Gasteiger partial charge >= 0.3 is 0 Å². The molecule has 1 aromatic rings. The third-order valence-electron chi connectivity index (χ3n) is 2.84. The van der Waals surface area contributed by atoms with Gasteiger partial charge in [0.2, 0.25) is 0 Å². The van der Waals surface area contributed by atoms with Crippen molar-refractivity contribution in [2.24, 2.45) is 5.92 Å². The second kappa shape index (κ2) is 4.54. The van der Waals surface area contributed by atoms with Crippen molar-refractivity contribution in [3.63, 3.8) is 0 Å². The molecule has 1 nitrogen and oxygen atoms in total. The Hall–Kier alpha value is -0.530. The van der Waals surface area contributed by atoms with E-state index < -0.39 is 0 Å². The van der Waals surface area contributed by atoms with Crippen LogP contribution in [-0.2, 0) is 0 Å². The fourth-order valence-electron chi connectivity index (χ4n) is 1.96. The lowest BCUT2D eigenvalue weighted by Gasteiger charge is -2.21. The van der Waals surface area contributed by atoms with Gasteiger partial charge in [0.15, 0.2) is 0 Å².